The minimum atomic E-state index is 0. The Labute approximate surface area is 87.8 Å². The van der Waals surface area contributed by atoms with Crippen LogP contribution in [0.2, 0.25) is 0 Å². The zero-order chi connectivity index (χ0) is 10.1. The fraction of sp³-hybridized carbons (Fsp3) is 0.909. The van der Waals surface area contributed by atoms with Crippen molar-refractivity contribution in [2.75, 3.05) is 6.61 Å². The van der Waals surface area contributed by atoms with E-state index in [0.29, 0.717) is 6.61 Å². The van der Waals surface area contributed by atoms with Crippen LogP contribution in [-0.2, 0) is 9.53 Å². The van der Waals surface area contributed by atoms with Crippen molar-refractivity contribution in [3.63, 3.8) is 0 Å². The van der Waals surface area contributed by atoms with E-state index in [1.54, 1.807) is 0 Å². The number of rotatable bonds is 7. The van der Waals surface area contributed by atoms with Crippen molar-refractivity contribution in [3.05, 3.63) is 0 Å². The molecule has 0 bridgehead atoms. The Morgan fingerprint density at radius 1 is 1.07 bits per heavy atom. The van der Waals surface area contributed by atoms with Crippen molar-refractivity contribution in [1.29, 1.82) is 0 Å². The van der Waals surface area contributed by atoms with E-state index in [2.05, 4.69) is 13.8 Å². The SMILES string of the molecule is CCCOC(=O)C(CCC)CCC.N. The summed E-state index contributed by atoms with van der Waals surface area (Å²) in [6.07, 6.45) is 4.97. The van der Waals surface area contributed by atoms with E-state index in [4.69, 9.17) is 4.74 Å². The van der Waals surface area contributed by atoms with Gasteiger partial charge in [0, 0.05) is 0 Å². The molecule has 0 fully saturated rings. The first kappa shape index (κ1) is 15.9. The number of carbonyl (C=O) groups excluding carboxylic acids is 1. The highest BCUT2D eigenvalue weighted by Gasteiger charge is 2.17. The largest absolute Gasteiger partial charge is 0.465 e. The minimum absolute atomic E-state index is 0. The highest BCUT2D eigenvalue weighted by molar-refractivity contribution is 5.72. The maximum Gasteiger partial charge on any atom is 0.308 e. The van der Waals surface area contributed by atoms with E-state index in [0.717, 1.165) is 32.1 Å². The second kappa shape index (κ2) is 10.5. The molecule has 0 aliphatic heterocycles. The van der Waals surface area contributed by atoms with Gasteiger partial charge in [-0.1, -0.05) is 33.6 Å². The van der Waals surface area contributed by atoms with Crippen LogP contribution in [0.5, 0.6) is 0 Å². The van der Waals surface area contributed by atoms with Gasteiger partial charge in [-0.25, -0.2) is 0 Å². The molecule has 0 aromatic carbocycles. The molecule has 0 saturated carbocycles. The van der Waals surface area contributed by atoms with Crippen molar-refractivity contribution in [1.82, 2.24) is 6.15 Å². The quantitative estimate of drug-likeness (QED) is 0.646. The Balaban J connectivity index is 0. The predicted molar refractivity (Wildman–Crippen MR) is 59.6 cm³/mol. The van der Waals surface area contributed by atoms with Gasteiger partial charge in [-0.2, -0.15) is 0 Å². The minimum Gasteiger partial charge on any atom is -0.465 e. The topological polar surface area (TPSA) is 61.3 Å². The van der Waals surface area contributed by atoms with Gasteiger partial charge in [0.2, 0.25) is 0 Å². The van der Waals surface area contributed by atoms with Gasteiger partial charge in [0.1, 0.15) is 0 Å². The lowest BCUT2D eigenvalue weighted by Gasteiger charge is -2.13. The van der Waals surface area contributed by atoms with Gasteiger partial charge in [-0.05, 0) is 19.3 Å². The molecule has 0 aliphatic carbocycles. The zero-order valence-corrected chi connectivity index (χ0v) is 9.84. The molecule has 0 amide bonds. The van der Waals surface area contributed by atoms with Gasteiger partial charge in [0.05, 0.1) is 12.5 Å². The summed E-state index contributed by atoms with van der Waals surface area (Å²) in [5.74, 6) is 0.145. The van der Waals surface area contributed by atoms with Gasteiger partial charge in [0.25, 0.3) is 0 Å². The third-order valence-corrected chi connectivity index (χ3v) is 2.06. The second-order valence-electron chi connectivity index (χ2n) is 3.44. The summed E-state index contributed by atoms with van der Waals surface area (Å²) in [5.41, 5.74) is 0. The molecule has 0 aromatic heterocycles. The molecule has 14 heavy (non-hydrogen) atoms. The molecule has 0 spiro atoms. The highest BCUT2D eigenvalue weighted by Crippen LogP contribution is 2.15. The van der Waals surface area contributed by atoms with Crippen LogP contribution >= 0.6 is 0 Å². The van der Waals surface area contributed by atoms with Crippen molar-refractivity contribution < 1.29 is 9.53 Å². The Kier molecular flexibility index (Phi) is 11.9. The molecule has 3 N–H and O–H groups in total. The molecule has 0 aliphatic rings. The third kappa shape index (κ3) is 6.89. The van der Waals surface area contributed by atoms with E-state index in [1.165, 1.54) is 0 Å². The van der Waals surface area contributed by atoms with E-state index < -0.39 is 0 Å². The van der Waals surface area contributed by atoms with Crippen LogP contribution in [0.15, 0.2) is 0 Å². The number of hydrogen-bond acceptors (Lipinski definition) is 3. The Bertz CT molecular complexity index is 131. The monoisotopic (exact) mass is 203 g/mol. The fourth-order valence-corrected chi connectivity index (χ4v) is 1.40. The van der Waals surface area contributed by atoms with E-state index in [9.17, 15) is 4.79 Å². The average Bonchev–Trinajstić information content (AvgIpc) is 2.14. The maximum atomic E-state index is 11.5. The van der Waals surface area contributed by atoms with Crippen LogP contribution in [0.4, 0.5) is 0 Å². The summed E-state index contributed by atoms with van der Waals surface area (Å²) in [7, 11) is 0. The molecular weight excluding hydrogens is 178 g/mol. The molecule has 0 aromatic rings. The van der Waals surface area contributed by atoms with E-state index >= 15 is 0 Å². The van der Waals surface area contributed by atoms with Crippen LogP contribution < -0.4 is 6.15 Å². The Hall–Kier alpha value is -0.570. The lowest BCUT2D eigenvalue weighted by molar-refractivity contribution is -0.149. The van der Waals surface area contributed by atoms with E-state index in [1.807, 2.05) is 6.92 Å². The molecule has 0 heterocycles. The number of hydrogen-bond donors (Lipinski definition) is 1. The van der Waals surface area contributed by atoms with Gasteiger partial charge in [-0.3, -0.25) is 4.79 Å². The first-order valence-electron chi connectivity index (χ1n) is 5.42. The first-order chi connectivity index (χ1) is 6.26. The summed E-state index contributed by atoms with van der Waals surface area (Å²) >= 11 is 0. The summed E-state index contributed by atoms with van der Waals surface area (Å²) in [6.45, 7) is 6.80. The van der Waals surface area contributed by atoms with E-state index in [-0.39, 0.29) is 18.0 Å². The van der Waals surface area contributed by atoms with Crippen LogP contribution in [0.3, 0.4) is 0 Å². The first-order valence-corrected chi connectivity index (χ1v) is 5.42. The fourth-order valence-electron chi connectivity index (χ4n) is 1.40. The standard InChI is InChI=1S/C11H22O2.H3N/c1-4-7-10(8-5-2)11(12)13-9-6-3;/h10H,4-9H2,1-3H3;1H3. The normalized spacial score (nSPS) is 9.71. The Morgan fingerprint density at radius 3 is 1.93 bits per heavy atom. The molecule has 86 valence electrons. The average molecular weight is 203 g/mol. The number of carbonyl (C=O) groups is 1. The van der Waals surface area contributed by atoms with Gasteiger partial charge >= 0.3 is 5.97 Å². The molecular formula is C11H25NO2. The molecule has 3 heteroatoms. The van der Waals surface area contributed by atoms with Gasteiger partial charge < -0.3 is 10.9 Å². The molecule has 0 saturated heterocycles. The van der Waals surface area contributed by atoms with Crippen LogP contribution in [0, 0.1) is 5.92 Å². The molecule has 0 radical (unpaired) electrons. The van der Waals surface area contributed by atoms with Crippen LogP contribution in [-0.4, -0.2) is 12.6 Å². The Morgan fingerprint density at radius 2 is 1.57 bits per heavy atom. The summed E-state index contributed by atoms with van der Waals surface area (Å²) < 4.78 is 5.12. The van der Waals surface area contributed by atoms with Gasteiger partial charge in [-0.15, -0.1) is 0 Å². The zero-order valence-electron chi connectivity index (χ0n) is 9.84. The van der Waals surface area contributed by atoms with Crippen molar-refractivity contribution in [3.8, 4) is 0 Å². The van der Waals surface area contributed by atoms with Crippen molar-refractivity contribution in [2.45, 2.75) is 52.9 Å². The predicted octanol–water partition coefficient (Wildman–Crippen LogP) is 3.32. The molecule has 3 nitrogen and oxygen atoms in total. The smallest absolute Gasteiger partial charge is 0.308 e. The summed E-state index contributed by atoms with van der Waals surface area (Å²) in [4.78, 5) is 11.5. The highest BCUT2D eigenvalue weighted by atomic mass is 16.5. The second-order valence-corrected chi connectivity index (χ2v) is 3.44. The lowest BCUT2D eigenvalue weighted by Crippen LogP contribution is -2.17. The molecule has 0 atom stereocenters. The van der Waals surface area contributed by atoms with Crippen molar-refractivity contribution >= 4 is 5.97 Å². The summed E-state index contributed by atoms with van der Waals surface area (Å²) in [5, 5.41) is 0. The third-order valence-electron chi connectivity index (χ3n) is 2.06. The summed E-state index contributed by atoms with van der Waals surface area (Å²) in [6, 6.07) is 0. The van der Waals surface area contributed by atoms with Crippen molar-refractivity contribution in [2.24, 2.45) is 5.92 Å². The molecule has 0 rings (SSSR count). The van der Waals surface area contributed by atoms with Crippen LogP contribution in [0.1, 0.15) is 52.9 Å². The molecule has 0 unspecified atom stereocenters. The van der Waals surface area contributed by atoms with Crippen LogP contribution in [0.25, 0.3) is 0 Å². The van der Waals surface area contributed by atoms with Gasteiger partial charge in [0.15, 0.2) is 0 Å². The number of ether oxygens (including phenoxy) is 1. The maximum absolute atomic E-state index is 11.5. The number of esters is 1. The lowest BCUT2D eigenvalue weighted by atomic mass is 9.99.